The predicted octanol–water partition coefficient (Wildman–Crippen LogP) is 2.67. The fourth-order valence-corrected chi connectivity index (χ4v) is 1.84. The Bertz CT molecular complexity index is 555. The van der Waals surface area contributed by atoms with Gasteiger partial charge in [0.25, 0.3) is 0 Å². The highest BCUT2D eigenvalue weighted by Crippen LogP contribution is 2.27. The third-order valence-corrected chi connectivity index (χ3v) is 3.13. The molecule has 2 rings (SSSR count). The molecule has 1 aromatic carbocycles. The molecule has 0 fully saturated rings. The molecule has 17 heavy (non-hydrogen) atoms. The van der Waals surface area contributed by atoms with Gasteiger partial charge < -0.3 is 11.1 Å². The standard InChI is InChI=1S/C13H18N4/c1-8-6-5-7-11(9(8)2)15-13-12(14)10(3)16-17(13)4/h5-7,15H,14H2,1-4H3. The molecular weight excluding hydrogens is 212 g/mol. The fraction of sp³-hybridized carbons (Fsp3) is 0.308. The second-order valence-electron chi connectivity index (χ2n) is 4.34. The van der Waals surface area contributed by atoms with E-state index in [0.29, 0.717) is 5.69 Å². The van der Waals surface area contributed by atoms with Crippen molar-refractivity contribution in [1.82, 2.24) is 9.78 Å². The molecule has 2 aromatic rings. The fourth-order valence-electron chi connectivity index (χ4n) is 1.84. The first-order valence-electron chi connectivity index (χ1n) is 5.63. The van der Waals surface area contributed by atoms with Crippen LogP contribution in [0.25, 0.3) is 0 Å². The molecule has 0 aliphatic rings. The molecule has 90 valence electrons. The number of nitrogens with zero attached hydrogens (tertiary/aromatic N) is 2. The molecular formula is C13H18N4. The maximum Gasteiger partial charge on any atom is 0.152 e. The van der Waals surface area contributed by atoms with Gasteiger partial charge in [-0.2, -0.15) is 5.10 Å². The minimum absolute atomic E-state index is 0.702. The van der Waals surface area contributed by atoms with Crippen molar-refractivity contribution in [2.75, 3.05) is 11.1 Å². The number of hydrogen-bond donors (Lipinski definition) is 2. The lowest BCUT2D eigenvalue weighted by Gasteiger charge is -2.12. The molecule has 0 unspecified atom stereocenters. The maximum atomic E-state index is 5.99. The average Bonchev–Trinajstić information content (AvgIpc) is 2.51. The van der Waals surface area contributed by atoms with Crippen molar-refractivity contribution in [2.45, 2.75) is 20.8 Å². The van der Waals surface area contributed by atoms with Gasteiger partial charge in [-0.15, -0.1) is 0 Å². The van der Waals surface area contributed by atoms with Gasteiger partial charge in [0.15, 0.2) is 5.82 Å². The van der Waals surface area contributed by atoms with E-state index in [-0.39, 0.29) is 0 Å². The van der Waals surface area contributed by atoms with Gasteiger partial charge in [0.05, 0.1) is 11.4 Å². The summed E-state index contributed by atoms with van der Waals surface area (Å²) in [5.41, 5.74) is 11.1. The van der Waals surface area contributed by atoms with Crippen molar-refractivity contribution in [2.24, 2.45) is 7.05 Å². The summed E-state index contributed by atoms with van der Waals surface area (Å²) in [5, 5.41) is 7.63. The lowest BCUT2D eigenvalue weighted by molar-refractivity contribution is 0.765. The quantitative estimate of drug-likeness (QED) is 0.834. The van der Waals surface area contributed by atoms with Crippen LogP contribution in [0.5, 0.6) is 0 Å². The van der Waals surface area contributed by atoms with E-state index in [2.05, 4.69) is 30.3 Å². The van der Waals surface area contributed by atoms with E-state index in [1.54, 1.807) is 4.68 Å². The Hall–Kier alpha value is -1.97. The van der Waals surface area contributed by atoms with Crippen LogP contribution in [-0.2, 0) is 7.05 Å². The van der Waals surface area contributed by atoms with Crippen LogP contribution in [0.3, 0.4) is 0 Å². The molecule has 4 nitrogen and oxygen atoms in total. The molecule has 1 heterocycles. The third-order valence-electron chi connectivity index (χ3n) is 3.13. The second-order valence-corrected chi connectivity index (χ2v) is 4.34. The molecule has 0 saturated heterocycles. The number of rotatable bonds is 2. The molecule has 0 atom stereocenters. The lowest BCUT2D eigenvalue weighted by atomic mass is 10.1. The zero-order valence-corrected chi connectivity index (χ0v) is 10.7. The number of nitrogens with two attached hydrogens (primary N) is 1. The van der Waals surface area contributed by atoms with E-state index in [4.69, 9.17) is 5.73 Å². The van der Waals surface area contributed by atoms with E-state index in [1.807, 2.05) is 26.1 Å². The van der Waals surface area contributed by atoms with Gasteiger partial charge in [0.2, 0.25) is 0 Å². The monoisotopic (exact) mass is 230 g/mol. The van der Waals surface area contributed by atoms with Gasteiger partial charge in [0, 0.05) is 12.7 Å². The molecule has 0 bridgehead atoms. The number of benzene rings is 1. The summed E-state index contributed by atoms with van der Waals surface area (Å²) in [6.45, 7) is 6.10. The van der Waals surface area contributed by atoms with Crippen molar-refractivity contribution in [3.63, 3.8) is 0 Å². The van der Waals surface area contributed by atoms with Crippen LogP contribution in [0.1, 0.15) is 16.8 Å². The second kappa shape index (κ2) is 4.13. The van der Waals surface area contributed by atoms with Crippen molar-refractivity contribution in [3.05, 3.63) is 35.0 Å². The van der Waals surface area contributed by atoms with E-state index < -0.39 is 0 Å². The molecule has 0 spiro atoms. The van der Waals surface area contributed by atoms with E-state index in [9.17, 15) is 0 Å². The molecule has 0 aliphatic heterocycles. The minimum Gasteiger partial charge on any atom is -0.394 e. The van der Waals surface area contributed by atoms with Gasteiger partial charge in [-0.3, -0.25) is 4.68 Å². The minimum atomic E-state index is 0.702. The van der Waals surface area contributed by atoms with Gasteiger partial charge in [-0.25, -0.2) is 0 Å². The number of anilines is 3. The van der Waals surface area contributed by atoms with E-state index >= 15 is 0 Å². The maximum absolute atomic E-state index is 5.99. The molecule has 1 aromatic heterocycles. The summed E-state index contributed by atoms with van der Waals surface area (Å²) in [7, 11) is 1.89. The van der Waals surface area contributed by atoms with Crippen molar-refractivity contribution < 1.29 is 0 Å². The third kappa shape index (κ3) is 1.98. The van der Waals surface area contributed by atoms with Crippen LogP contribution in [0, 0.1) is 20.8 Å². The van der Waals surface area contributed by atoms with Crippen molar-refractivity contribution in [1.29, 1.82) is 0 Å². The first kappa shape index (κ1) is 11.5. The summed E-state index contributed by atoms with van der Waals surface area (Å²) in [4.78, 5) is 0. The average molecular weight is 230 g/mol. The van der Waals surface area contributed by atoms with Crippen LogP contribution in [0.15, 0.2) is 18.2 Å². The number of hydrogen-bond acceptors (Lipinski definition) is 3. The number of nitrogen functional groups attached to an aromatic ring is 1. The highest BCUT2D eigenvalue weighted by atomic mass is 15.3. The Balaban J connectivity index is 2.41. The molecule has 3 N–H and O–H groups in total. The summed E-state index contributed by atoms with van der Waals surface area (Å²) in [6.07, 6.45) is 0. The number of nitrogens with one attached hydrogen (secondary N) is 1. The topological polar surface area (TPSA) is 55.9 Å². The van der Waals surface area contributed by atoms with Gasteiger partial charge in [0.1, 0.15) is 0 Å². The summed E-state index contributed by atoms with van der Waals surface area (Å²) >= 11 is 0. The zero-order chi connectivity index (χ0) is 12.6. The van der Waals surface area contributed by atoms with Crippen LogP contribution in [0.2, 0.25) is 0 Å². The lowest BCUT2D eigenvalue weighted by Crippen LogP contribution is -2.03. The van der Waals surface area contributed by atoms with Crippen molar-refractivity contribution in [3.8, 4) is 0 Å². The van der Waals surface area contributed by atoms with Crippen LogP contribution in [0.4, 0.5) is 17.2 Å². The largest absolute Gasteiger partial charge is 0.394 e. The smallest absolute Gasteiger partial charge is 0.152 e. The number of aryl methyl sites for hydroxylation is 3. The van der Waals surface area contributed by atoms with E-state index in [0.717, 1.165) is 17.2 Å². The van der Waals surface area contributed by atoms with Gasteiger partial charge >= 0.3 is 0 Å². The van der Waals surface area contributed by atoms with Crippen LogP contribution in [-0.4, -0.2) is 9.78 Å². The first-order valence-corrected chi connectivity index (χ1v) is 5.63. The zero-order valence-electron chi connectivity index (χ0n) is 10.7. The predicted molar refractivity (Wildman–Crippen MR) is 71.6 cm³/mol. The van der Waals surface area contributed by atoms with Crippen LogP contribution < -0.4 is 11.1 Å². The van der Waals surface area contributed by atoms with Crippen molar-refractivity contribution >= 4 is 17.2 Å². The Morgan fingerprint density at radius 3 is 2.53 bits per heavy atom. The number of aromatic nitrogens is 2. The first-order chi connectivity index (χ1) is 8.00. The van der Waals surface area contributed by atoms with Gasteiger partial charge in [-0.1, -0.05) is 12.1 Å². The SMILES string of the molecule is Cc1cccc(Nc2c(N)c(C)nn2C)c1C. The molecule has 4 heteroatoms. The Morgan fingerprint density at radius 2 is 1.94 bits per heavy atom. The highest BCUT2D eigenvalue weighted by molar-refractivity contribution is 5.72. The van der Waals surface area contributed by atoms with Crippen LogP contribution >= 0.6 is 0 Å². The van der Waals surface area contributed by atoms with Gasteiger partial charge in [-0.05, 0) is 38.0 Å². The highest BCUT2D eigenvalue weighted by Gasteiger charge is 2.11. The normalized spacial score (nSPS) is 10.6. The Labute approximate surface area is 101 Å². The summed E-state index contributed by atoms with van der Waals surface area (Å²) in [5.74, 6) is 0.844. The molecule has 0 aliphatic carbocycles. The molecule has 0 saturated carbocycles. The molecule has 0 amide bonds. The summed E-state index contributed by atoms with van der Waals surface area (Å²) < 4.78 is 1.77. The molecule has 0 radical (unpaired) electrons. The Morgan fingerprint density at radius 1 is 1.24 bits per heavy atom. The summed E-state index contributed by atoms with van der Waals surface area (Å²) in [6, 6.07) is 6.17. The van der Waals surface area contributed by atoms with E-state index in [1.165, 1.54) is 11.1 Å². The Kier molecular flexibility index (Phi) is 2.79.